The Bertz CT molecular complexity index is 2270. The van der Waals surface area contributed by atoms with Gasteiger partial charge >= 0.3 is 0 Å². The zero-order chi connectivity index (χ0) is 44.2. The maximum absolute atomic E-state index is 15.1. The fourth-order valence-electron chi connectivity index (χ4n) is 9.65. The molecule has 0 bridgehead atoms. The second-order valence-corrected chi connectivity index (χ2v) is 17.4. The van der Waals surface area contributed by atoms with Crippen LogP contribution in [0, 0.1) is 34.9 Å². The SMILES string of the molecule is C=CCO[C@@]12Oc3ccc(OCCSc4ccccc4)cc3[C@H]3[C@H](CCCCO)[C@@H](CCCCO)C=C(C(=NOC)C[C@@H]1N(Cc1ccc(F)cc1)C(=O)c1ccc(C#N)cc1)[C@H]32. The third-order valence-electron chi connectivity index (χ3n) is 12.4. The van der Waals surface area contributed by atoms with Gasteiger partial charge < -0.3 is 34.2 Å². The van der Waals surface area contributed by atoms with Gasteiger partial charge in [-0.1, -0.05) is 60.5 Å². The monoisotopic (exact) mass is 873 g/mol. The normalized spacial score (nSPS) is 22.7. The summed E-state index contributed by atoms with van der Waals surface area (Å²) in [6.45, 7) is 4.86. The highest BCUT2D eigenvalue weighted by molar-refractivity contribution is 7.99. The molecule has 4 aromatic carbocycles. The van der Waals surface area contributed by atoms with E-state index in [9.17, 15) is 19.9 Å². The summed E-state index contributed by atoms with van der Waals surface area (Å²) in [6, 6.07) is 30.1. The molecule has 2 N–H and O–H groups in total. The summed E-state index contributed by atoms with van der Waals surface area (Å²) in [5.74, 6) is -0.805. The number of allylic oxidation sites excluding steroid dienone is 1. The lowest BCUT2D eigenvalue weighted by Gasteiger charge is -2.60. The van der Waals surface area contributed by atoms with Crippen LogP contribution in [0.5, 0.6) is 11.5 Å². The van der Waals surface area contributed by atoms with Gasteiger partial charge in [0.1, 0.15) is 30.5 Å². The largest absolute Gasteiger partial charge is 0.493 e. The molecule has 3 aliphatic rings. The van der Waals surface area contributed by atoms with Crippen molar-refractivity contribution in [2.24, 2.45) is 22.9 Å². The van der Waals surface area contributed by atoms with Gasteiger partial charge in [-0.05, 0) is 115 Å². The number of carbonyl (C=O) groups excluding carboxylic acids is 1. The molecule has 0 spiro atoms. The van der Waals surface area contributed by atoms with Gasteiger partial charge in [-0.2, -0.15) is 5.26 Å². The summed E-state index contributed by atoms with van der Waals surface area (Å²) >= 11 is 1.73. The zero-order valence-corrected chi connectivity index (χ0v) is 36.6. The summed E-state index contributed by atoms with van der Waals surface area (Å²) in [6.07, 6.45) is 8.67. The van der Waals surface area contributed by atoms with Crippen LogP contribution in [0.2, 0.25) is 0 Å². The van der Waals surface area contributed by atoms with Crippen molar-refractivity contribution in [2.75, 3.05) is 39.3 Å². The first kappa shape index (κ1) is 45.6. The Balaban J connectivity index is 1.40. The molecule has 0 unspecified atom stereocenters. The first-order valence-electron chi connectivity index (χ1n) is 21.8. The van der Waals surface area contributed by atoms with E-state index in [2.05, 4.69) is 42.1 Å². The fraction of sp³-hybridized carbons (Fsp3) is 0.392. The van der Waals surface area contributed by atoms with Gasteiger partial charge in [-0.15, -0.1) is 18.3 Å². The lowest BCUT2D eigenvalue weighted by Crippen LogP contribution is -2.70. The Hall–Kier alpha value is -5.45. The van der Waals surface area contributed by atoms with Crippen molar-refractivity contribution in [1.29, 1.82) is 5.26 Å². The molecular formula is C51H56FN3O7S. The number of ether oxygens (including phenoxy) is 3. The number of carbonyl (C=O) groups is 1. The summed E-state index contributed by atoms with van der Waals surface area (Å²) in [4.78, 5) is 23.7. The highest BCUT2D eigenvalue weighted by Gasteiger charge is 2.65. The summed E-state index contributed by atoms with van der Waals surface area (Å²) in [5.41, 5.74) is 4.00. The Morgan fingerprint density at radius 2 is 1.76 bits per heavy atom. The molecule has 10 nitrogen and oxygen atoms in total. The molecule has 0 aromatic heterocycles. The van der Waals surface area contributed by atoms with Crippen molar-refractivity contribution in [3.8, 4) is 17.6 Å². The van der Waals surface area contributed by atoms with Gasteiger partial charge in [0.15, 0.2) is 0 Å². The lowest BCUT2D eigenvalue weighted by atomic mass is 9.55. The second-order valence-electron chi connectivity index (χ2n) is 16.2. The Morgan fingerprint density at radius 1 is 1.02 bits per heavy atom. The summed E-state index contributed by atoms with van der Waals surface area (Å²) in [5, 5.41) is 34.1. The standard InChI is InChI=1S/C51H56FN3O7S/c1-3-27-61-51-47(55(34-36-17-21-39(52)22-18-36)50(58)37-19-15-35(33-53)16-20-37)32-45(54-59-2)43-30-38(11-7-9-25-56)42(14-8-10-26-57)48(49(43)51)44-31-40(23-24-46(44)62-51)60-28-29-63-41-12-5-4-6-13-41/h3-6,12-13,15-24,30-31,38,42,47-49,56-57H,1,7-11,14,25-29,32,34H2,2H3/t38-,42+,47-,48+,49+,51+/m0/s1. The van der Waals surface area contributed by atoms with Crippen molar-refractivity contribution < 1.29 is 38.4 Å². The molecule has 6 atom stereocenters. The number of aliphatic hydroxyl groups is 2. The lowest BCUT2D eigenvalue weighted by molar-refractivity contribution is -0.255. The maximum atomic E-state index is 15.1. The number of hydrogen-bond acceptors (Lipinski definition) is 10. The van der Waals surface area contributed by atoms with Crippen LogP contribution in [0.25, 0.3) is 0 Å². The highest BCUT2D eigenvalue weighted by Crippen LogP contribution is 2.62. The van der Waals surface area contributed by atoms with Gasteiger partial charge in [0.2, 0.25) is 5.79 Å². The van der Waals surface area contributed by atoms with E-state index in [4.69, 9.17) is 19.0 Å². The van der Waals surface area contributed by atoms with E-state index in [0.29, 0.717) is 53.3 Å². The van der Waals surface area contributed by atoms with Gasteiger partial charge in [-0.25, -0.2) is 4.39 Å². The number of fused-ring (bicyclic) bond motifs is 2. The highest BCUT2D eigenvalue weighted by atomic mass is 32.2. The molecule has 1 heterocycles. The van der Waals surface area contributed by atoms with Crippen LogP contribution in [0.1, 0.15) is 77.9 Å². The third-order valence-corrected chi connectivity index (χ3v) is 13.4. The maximum Gasteiger partial charge on any atom is 0.254 e. The van der Waals surface area contributed by atoms with Gasteiger partial charge in [0.25, 0.3) is 5.91 Å². The van der Waals surface area contributed by atoms with E-state index >= 15 is 4.79 Å². The second kappa shape index (κ2) is 21.8. The summed E-state index contributed by atoms with van der Waals surface area (Å²) in [7, 11) is 1.51. The average molecular weight is 874 g/mol. The molecule has 1 saturated carbocycles. The average Bonchev–Trinajstić information content (AvgIpc) is 3.31. The number of amides is 1. The van der Waals surface area contributed by atoms with Crippen molar-refractivity contribution in [2.45, 2.75) is 74.1 Å². The Morgan fingerprint density at radius 3 is 2.46 bits per heavy atom. The third kappa shape index (κ3) is 10.3. The smallest absolute Gasteiger partial charge is 0.254 e. The Labute approximate surface area is 374 Å². The molecule has 2 aliphatic carbocycles. The molecule has 1 amide bonds. The molecule has 4 aromatic rings. The first-order valence-corrected chi connectivity index (χ1v) is 22.8. The van der Waals surface area contributed by atoms with Crippen molar-refractivity contribution in [3.05, 3.63) is 149 Å². The zero-order valence-electron chi connectivity index (χ0n) is 35.7. The minimum absolute atomic E-state index is 0.0320. The number of halogens is 1. The van der Waals surface area contributed by atoms with Crippen molar-refractivity contribution in [1.82, 2.24) is 4.90 Å². The predicted molar refractivity (Wildman–Crippen MR) is 242 cm³/mol. The number of unbranched alkanes of at least 4 members (excludes halogenated alkanes) is 2. The van der Waals surface area contributed by atoms with Crippen LogP contribution in [0.3, 0.4) is 0 Å². The van der Waals surface area contributed by atoms with E-state index in [1.165, 1.54) is 24.1 Å². The van der Waals surface area contributed by atoms with E-state index in [0.717, 1.165) is 42.6 Å². The number of rotatable bonds is 21. The number of oxime groups is 1. The van der Waals surface area contributed by atoms with Crippen molar-refractivity contribution in [3.63, 3.8) is 0 Å². The number of aliphatic hydroxyl groups excluding tert-OH is 2. The fourth-order valence-corrected chi connectivity index (χ4v) is 10.4. The molecule has 7 rings (SSSR count). The van der Waals surface area contributed by atoms with Crippen LogP contribution >= 0.6 is 11.8 Å². The van der Waals surface area contributed by atoms with Crippen LogP contribution in [0.15, 0.2) is 131 Å². The molecule has 12 heteroatoms. The quantitative estimate of drug-likeness (QED) is 0.0364. The number of hydrogen-bond donors (Lipinski definition) is 2. The van der Waals surface area contributed by atoms with Crippen LogP contribution in [0.4, 0.5) is 4.39 Å². The van der Waals surface area contributed by atoms with E-state index in [1.54, 1.807) is 59.1 Å². The topological polar surface area (TPSA) is 134 Å². The predicted octanol–water partition coefficient (Wildman–Crippen LogP) is 9.47. The van der Waals surface area contributed by atoms with Gasteiger partial charge in [0.05, 0.1) is 36.5 Å². The van der Waals surface area contributed by atoms with Crippen LogP contribution < -0.4 is 9.47 Å². The van der Waals surface area contributed by atoms with Crippen LogP contribution in [-0.2, 0) is 16.1 Å². The van der Waals surface area contributed by atoms with E-state index in [-0.39, 0.29) is 56.4 Å². The van der Waals surface area contributed by atoms with E-state index < -0.39 is 23.6 Å². The van der Waals surface area contributed by atoms with Crippen molar-refractivity contribution >= 4 is 23.4 Å². The minimum atomic E-state index is -1.49. The number of benzene rings is 4. The molecule has 330 valence electrons. The van der Waals surface area contributed by atoms with Gasteiger partial charge in [0, 0.05) is 53.9 Å². The van der Waals surface area contributed by atoms with E-state index in [1.807, 2.05) is 30.3 Å². The molecular weight excluding hydrogens is 818 g/mol. The molecule has 1 aliphatic heterocycles. The molecule has 0 saturated heterocycles. The Kier molecular flexibility index (Phi) is 15.7. The molecule has 63 heavy (non-hydrogen) atoms. The number of nitriles is 1. The molecule has 1 fully saturated rings. The van der Waals surface area contributed by atoms with Crippen LogP contribution in [-0.4, -0.2) is 77.9 Å². The minimum Gasteiger partial charge on any atom is -0.493 e. The molecule has 0 radical (unpaired) electrons. The van der Waals surface area contributed by atoms with Gasteiger partial charge in [-0.3, -0.25) is 4.79 Å². The first-order chi connectivity index (χ1) is 30.8. The number of thioether (sulfide) groups is 1. The summed E-state index contributed by atoms with van der Waals surface area (Å²) < 4.78 is 35.3. The number of nitrogens with zero attached hydrogens (tertiary/aromatic N) is 3.